The molecule has 0 amide bonds. The molecule has 0 radical (unpaired) electrons. The average molecular weight is 727 g/mol. The van der Waals surface area contributed by atoms with Gasteiger partial charge in [0, 0.05) is 22.1 Å². The fourth-order valence-electron chi connectivity index (χ4n) is 9.27. The van der Waals surface area contributed by atoms with Gasteiger partial charge in [-0.05, 0) is 82.9 Å². The van der Waals surface area contributed by atoms with E-state index in [9.17, 15) is 0 Å². The minimum absolute atomic E-state index is 0.116. The zero-order valence-corrected chi connectivity index (χ0v) is 31.9. The summed E-state index contributed by atoms with van der Waals surface area (Å²) in [5, 5.41) is 7.30. The maximum atomic E-state index is 5.36. The van der Waals surface area contributed by atoms with Crippen LogP contribution in [0.3, 0.4) is 0 Å². The summed E-state index contributed by atoms with van der Waals surface area (Å²) in [5.74, 6) is 0.704. The van der Waals surface area contributed by atoms with Gasteiger partial charge in [0.15, 0.2) is 5.82 Å². The molecule has 0 spiro atoms. The van der Waals surface area contributed by atoms with Crippen LogP contribution in [0.1, 0.15) is 25.0 Å². The standard InChI is InChI=1S/C55H38N2/c1-55(2)48-25-13-24-47(53(48)52-41-20-9-7-17-38(41)30-33-49(52)55)44-31-32-46(43-22-11-10-21-42(43)44)51-34-50(45-23-12-18-37-16-6-8-19-40(37)45)56-54(57-51)39-28-26-36(27-29-39)35-14-4-3-5-15-35/h3-34H,1-2H3. The smallest absolute Gasteiger partial charge is 0.160 e. The van der Waals surface area contributed by atoms with E-state index in [-0.39, 0.29) is 5.41 Å². The molecule has 2 nitrogen and oxygen atoms in total. The molecule has 268 valence electrons. The highest BCUT2D eigenvalue weighted by molar-refractivity contribution is 6.11. The molecular formula is C55H38N2. The summed E-state index contributed by atoms with van der Waals surface area (Å²) in [6, 6.07) is 70.1. The fourth-order valence-corrected chi connectivity index (χ4v) is 9.27. The Kier molecular flexibility index (Phi) is 7.55. The van der Waals surface area contributed by atoms with E-state index in [2.05, 4.69) is 208 Å². The predicted octanol–water partition coefficient (Wildman–Crippen LogP) is 14.6. The number of hydrogen-bond donors (Lipinski definition) is 0. The zero-order chi connectivity index (χ0) is 38.1. The number of benzene rings is 9. The van der Waals surface area contributed by atoms with E-state index < -0.39 is 0 Å². The summed E-state index contributed by atoms with van der Waals surface area (Å²) in [6.45, 7) is 4.74. The highest BCUT2D eigenvalue weighted by atomic mass is 14.9. The van der Waals surface area contributed by atoms with Crippen molar-refractivity contribution in [2.24, 2.45) is 0 Å². The van der Waals surface area contributed by atoms with Crippen LogP contribution in [-0.2, 0) is 5.41 Å². The molecule has 2 heteroatoms. The summed E-state index contributed by atoms with van der Waals surface area (Å²) >= 11 is 0. The third-order valence-corrected chi connectivity index (χ3v) is 12.1. The van der Waals surface area contributed by atoms with Crippen molar-refractivity contribution in [3.63, 3.8) is 0 Å². The monoisotopic (exact) mass is 726 g/mol. The van der Waals surface area contributed by atoms with Gasteiger partial charge < -0.3 is 0 Å². The molecule has 0 unspecified atom stereocenters. The van der Waals surface area contributed by atoms with Gasteiger partial charge in [-0.2, -0.15) is 0 Å². The first-order valence-corrected chi connectivity index (χ1v) is 19.7. The van der Waals surface area contributed by atoms with Crippen LogP contribution in [0.4, 0.5) is 0 Å². The molecule has 0 fully saturated rings. The van der Waals surface area contributed by atoms with Gasteiger partial charge in [0.1, 0.15) is 0 Å². The highest BCUT2D eigenvalue weighted by Gasteiger charge is 2.38. The lowest BCUT2D eigenvalue weighted by molar-refractivity contribution is 0.661. The van der Waals surface area contributed by atoms with E-state index in [0.29, 0.717) is 5.82 Å². The van der Waals surface area contributed by atoms with Crippen LogP contribution in [0.15, 0.2) is 194 Å². The van der Waals surface area contributed by atoms with Crippen molar-refractivity contribution < 1.29 is 0 Å². The normalized spacial score (nSPS) is 12.9. The molecule has 0 saturated heterocycles. The highest BCUT2D eigenvalue weighted by Crippen LogP contribution is 2.55. The Labute approximate surface area is 332 Å². The molecule has 0 atom stereocenters. The molecule has 9 aromatic carbocycles. The van der Waals surface area contributed by atoms with E-state index in [1.165, 1.54) is 65.9 Å². The third kappa shape index (κ3) is 5.33. The molecule has 0 saturated carbocycles. The molecule has 11 rings (SSSR count). The van der Waals surface area contributed by atoms with Crippen molar-refractivity contribution in [1.82, 2.24) is 9.97 Å². The molecule has 0 N–H and O–H groups in total. The minimum Gasteiger partial charge on any atom is -0.228 e. The summed E-state index contributed by atoms with van der Waals surface area (Å²) in [4.78, 5) is 10.6. The Hall–Kier alpha value is -7.16. The molecule has 0 bridgehead atoms. The van der Waals surface area contributed by atoms with Crippen LogP contribution in [0.5, 0.6) is 0 Å². The van der Waals surface area contributed by atoms with Gasteiger partial charge >= 0.3 is 0 Å². The predicted molar refractivity (Wildman–Crippen MR) is 239 cm³/mol. The lowest BCUT2D eigenvalue weighted by atomic mass is 9.81. The number of rotatable bonds is 5. The van der Waals surface area contributed by atoms with Crippen LogP contribution >= 0.6 is 0 Å². The molecular weight excluding hydrogens is 689 g/mol. The quantitative estimate of drug-likeness (QED) is 0.176. The lowest BCUT2D eigenvalue weighted by Crippen LogP contribution is -2.14. The van der Waals surface area contributed by atoms with E-state index in [1.807, 2.05) is 0 Å². The average Bonchev–Trinajstić information content (AvgIpc) is 3.52. The van der Waals surface area contributed by atoms with Crippen LogP contribution in [0.25, 0.3) is 99.6 Å². The molecule has 1 heterocycles. The van der Waals surface area contributed by atoms with E-state index in [1.54, 1.807) is 0 Å². The van der Waals surface area contributed by atoms with Crippen LogP contribution < -0.4 is 0 Å². The van der Waals surface area contributed by atoms with E-state index in [0.717, 1.165) is 39.0 Å². The van der Waals surface area contributed by atoms with Gasteiger partial charge in [0.2, 0.25) is 0 Å². The molecule has 1 aromatic heterocycles. The first-order valence-electron chi connectivity index (χ1n) is 19.7. The van der Waals surface area contributed by atoms with Crippen LogP contribution in [0.2, 0.25) is 0 Å². The van der Waals surface area contributed by atoms with Crippen LogP contribution in [-0.4, -0.2) is 9.97 Å². The van der Waals surface area contributed by atoms with Gasteiger partial charge in [-0.3, -0.25) is 0 Å². The Bertz CT molecular complexity index is 3190. The van der Waals surface area contributed by atoms with Crippen molar-refractivity contribution in [2.75, 3.05) is 0 Å². The number of hydrogen-bond acceptors (Lipinski definition) is 2. The van der Waals surface area contributed by atoms with Gasteiger partial charge in [0.25, 0.3) is 0 Å². The van der Waals surface area contributed by atoms with Gasteiger partial charge in [0.05, 0.1) is 11.4 Å². The topological polar surface area (TPSA) is 25.8 Å². The summed E-state index contributed by atoms with van der Waals surface area (Å²) < 4.78 is 0. The van der Waals surface area contributed by atoms with Crippen molar-refractivity contribution >= 4 is 32.3 Å². The Morgan fingerprint density at radius 2 is 0.842 bits per heavy atom. The second-order valence-corrected chi connectivity index (χ2v) is 15.7. The van der Waals surface area contributed by atoms with Crippen molar-refractivity contribution in [1.29, 1.82) is 0 Å². The Balaban J connectivity index is 1.12. The molecule has 1 aliphatic rings. The number of nitrogens with zero attached hydrogens (tertiary/aromatic N) is 2. The van der Waals surface area contributed by atoms with Gasteiger partial charge in [-0.15, -0.1) is 0 Å². The maximum absolute atomic E-state index is 5.36. The number of aromatic nitrogens is 2. The molecule has 10 aromatic rings. The molecule has 57 heavy (non-hydrogen) atoms. The van der Waals surface area contributed by atoms with E-state index >= 15 is 0 Å². The van der Waals surface area contributed by atoms with Crippen molar-refractivity contribution in [3.8, 4) is 67.3 Å². The minimum atomic E-state index is -0.116. The van der Waals surface area contributed by atoms with Gasteiger partial charge in [-0.1, -0.05) is 202 Å². The largest absolute Gasteiger partial charge is 0.228 e. The molecule has 1 aliphatic carbocycles. The second-order valence-electron chi connectivity index (χ2n) is 15.7. The SMILES string of the molecule is CC1(C)c2cccc(-c3ccc(-c4cc(-c5cccc6ccccc56)nc(-c5ccc(-c6ccccc6)cc5)n4)c4ccccc34)c2-c2c1ccc1ccccc21. The van der Waals surface area contributed by atoms with Crippen molar-refractivity contribution in [3.05, 3.63) is 205 Å². The van der Waals surface area contributed by atoms with Gasteiger partial charge in [-0.25, -0.2) is 9.97 Å². The third-order valence-electron chi connectivity index (χ3n) is 12.1. The fraction of sp³-hybridized carbons (Fsp3) is 0.0545. The molecule has 0 aliphatic heterocycles. The Morgan fingerprint density at radius 1 is 0.333 bits per heavy atom. The summed E-state index contributed by atoms with van der Waals surface area (Å²) in [7, 11) is 0. The first-order chi connectivity index (χ1) is 28.0. The maximum Gasteiger partial charge on any atom is 0.160 e. The van der Waals surface area contributed by atoms with E-state index in [4.69, 9.17) is 9.97 Å². The second kappa shape index (κ2) is 13.0. The zero-order valence-electron chi connectivity index (χ0n) is 31.9. The summed E-state index contributed by atoms with van der Waals surface area (Å²) in [5.41, 5.74) is 15.1. The Morgan fingerprint density at radius 3 is 1.60 bits per heavy atom. The summed E-state index contributed by atoms with van der Waals surface area (Å²) in [6.07, 6.45) is 0. The lowest BCUT2D eigenvalue weighted by Gasteiger charge is -2.22. The number of fused-ring (bicyclic) bond motifs is 7. The van der Waals surface area contributed by atoms with Crippen LogP contribution in [0, 0.1) is 0 Å². The van der Waals surface area contributed by atoms with Crippen molar-refractivity contribution in [2.45, 2.75) is 19.3 Å². The first kappa shape index (κ1) is 33.2.